The van der Waals surface area contributed by atoms with E-state index in [1.165, 1.54) is 0 Å². The van der Waals surface area contributed by atoms with Gasteiger partial charge >= 0.3 is 12.1 Å². The number of carbonyl (C=O) groups is 5. The third-order valence-corrected chi connectivity index (χ3v) is 3.37. The van der Waals surface area contributed by atoms with Crippen LogP contribution in [0, 0.1) is 0 Å². The van der Waals surface area contributed by atoms with Gasteiger partial charge in [0, 0.05) is 0 Å². The van der Waals surface area contributed by atoms with Crippen LogP contribution in [-0.2, 0) is 30.5 Å². The molecule has 0 radical (unpaired) electrons. The van der Waals surface area contributed by atoms with Crippen molar-refractivity contribution in [1.29, 1.82) is 0 Å². The van der Waals surface area contributed by atoms with Gasteiger partial charge in [0.1, 0.15) is 12.6 Å². The van der Waals surface area contributed by atoms with Crippen LogP contribution in [0.4, 0.5) is 4.79 Å². The van der Waals surface area contributed by atoms with Gasteiger partial charge in [-0.15, -0.1) is 0 Å². The van der Waals surface area contributed by atoms with Gasteiger partial charge in [-0.1, -0.05) is 30.3 Å². The van der Waals surface area contributed by atoms with Crippen molar-refractivity contribution in [2.75, 3.05) is 0 Å². The van der Waals surface area contributed by atoms with Gasteiger partial charge in [-0.2, -0.15) is 0 Å². The number of benzene rings is 1. The molecule has 0 spiro atoms. The fourth-order valence-electron chi connectivity index (χ4n) is 2.12. The van der Waals surface area contributed by atoms with E-state index in [-0.39, 0.29) is 11.5 Å². The third kappa shape index (κ3) is 6.74. The summed E-state index contributed by atoms with van der Waals surface area (Å²) in [5.41, 5.74) is 16.1. The molecule has 0 unspecified atom stereocenters. The number of rotatable bonds is 9. The summed E-state index contributed by atoms with van der Waals surface area (Å²) in [5.74, 6) is -4.92. The summed E-state index contributed by atoms with van der Waals surface area (Å²) in [6.45, 7) is -0.266. The predicted molar refractivity (Wildman–Crippen MR) is 90.5 cm³/mol. The van der Waals surface area contributed by atoms with E-state index in [0.29, 0.717) is 5.56 Å². The van der Waals surface area contributed by atoms with Gasteiger partial charge in [0.15, 0.2) is 0 Å². The lowest BCUT2D eigenvalue weighted by molar-refractivity contribution is -0.151. The highest BCUT2D eigenvalue weighted by Crippen LogP contribution is 2.12. The van der Waals surface area contributed by atoms with Gasteiger partial charge in [-0.3, -0.25) is 14.4 Å². The Kier molecular flexibility index (Phi) is 7.89. The molecule has 0 fully saturated rings. The molecule has 2 atom stereocenters. The topological polar surface area (TPSA) is 196 Å². The maximum Gasteiger partial charge on any atom is 0.417 e. The van der Waals surface area contributed by atoms with Crippen molar-refractivity contribution in [2.24, 2.45) is 17.2 Å². The molecule has 0 saturated carbocycles. The summed E-state index contributed by atoms with van der Waals surface area (Å²) in [6.07, 6.45) is -2.84. The first-order valence-corrected chi connectivity index (χ1v) is 7.72. The number of hydrogen-bond acceptors (Lipinski definition) is 7. The maximum atomic E-state index is 12.4. The molecule has 4 amide bonds. The number of ether oxygens (including phenoxy) is 1. The number of amides is 4. The zero-order chi connectivity index (χ0) is 20.6. The van der Waals surface area contributed by atoms with Crippen molar-refractivity contribution in [1.82, 2.24) is 4.90 Å². The highest BCUT2D eigenvalue weighted by atomic mass is 16.6. The standard InChI is InChI=1S/C16H20N4O7/c17-10(6-12(18)21)14(23)20(11(15(24)25)7-13(19)22)16(26)27-8-9-4-2-1-3-5-9/h1-5,10-11H,6-8,17H2,(H2,18,21)(H2,19,22)(H,24,25)/t10-,11-/m0/s1. The number of nitrogens with zero attached hydrogens (tertiary/aromatic N) is 1. The largest absolute Gasteiger partial charge is 0.480 e. The van der Waals surface area contributed by atoms with Gasteiger partial charge in [0.2, 0.25) is 17.7 Å². The molecule has 11 heteroatoms. The van der Waals surface area contributed by atoms with E-state index in [0.717, 1.165) is 0 Å². The number of carbonyl (C=O) groups excluding carboxylic acids is 4. The average molecular weight is 380 g/mol. The Morgan fingerprint density at radius 3 is 2.04 bits per heavy atom. The molecule has 27 heavy (non-hydrogen) atoms. The minimum atomic E-state index is -1.95. The maximum absolute atomic E-state index is 12.4. The second-order valence-corrected chi connectivity index (χ2v) is 5.55. The third-order valence-electron chi connectivity index (χ3n) is 3.37. The van der Waals surface area contributed by atoms with E-state index >= 15 is 0 Å². The van der Waals surface area contributed by atoms with Gasteiger partial charge < -0.3 is 27.0 Å². The number of aliphatic carboxylic acids is 1. The Morgan fingerprint density at radius 1 is 1.00 bits per heavy atom. The van der Waals surface area contributed by atoms with Crippen LogP contribution in [0.2, 0.25) is 0 Å². The Labute approximate surface area is 154 Å². The summed E-state index contributed by atoms with van der Waals surface area (Å²) < 4.78 is 4.96. The average Bonchev–Trinajstić information content (AvgIpc) is 2.59. The SMILES string of the molecule is NC(=O)C[C@H](N)C(=O)N(C(=O)OCc1ccccc1)[C@@H](CC(N)=O)C(=O)O. The molecular formula is C16H20N4O7. The quantitative estimate of drug-likeness (QED) is 0.404. The fourth-order valence-corrected chi connectivity index (χ4v) is 2.12. The molecule has 0 aliphatic heterocycles. The minimum absolute atomic E-state index is 0.170. The van der Waals surface area contributed by atoms with E-state index in [9.17, 15) is 29.1 Å². The molecule has 0 aliphatic carbocycles. The van der Waals surface area contributed by atoms with E-state index in [4.69, 9.17) is 21.9 Å². The monoisotopic (exact) mass is 380 g/mol. The second kappa shape index (κ2) is 9.87. The van der Waals surface area contributed by atoms with Crippen molar-refractivity contribution in [3.8, 4) is 0 Å². The molecule has 0 bridgehead atoms. The smallest absolute Gasteiger partial charge is 0.417 e. The summed E-state index contributed by atoms with van der Waals surface area (Å²) in [6, 6.07) is 4.83. The summed E-state index contributed by atoms with van der Waals surface area (Å²) in [7, 11) is 0. The van der Waals surface area contributed by atoms with Crippen LogP contribution in [0.5, 0.6) is 0 Å². The Morgan fingerprint density at radius 2 is 1.56 bits per heavy atom. The Bertz CT molecular complexity index is 723. The molecule has 0 heterocycles. The zero-order valence-electron chi connectivity index (χ0n) is 14.2. The zero-order valence-corrected chi connectivity index (χ0v) is 14.2. The fraction of sp³-hybridized carbons (Fsp3) is 0.312. The molecule has 7 N–H and O–H groups in total. The second-order valence-electron chi connectivity index (χ2n) is 5.55. The van der Waals surface area contributed by atoms with Crippen LogP contribution in [0.3, 0.4) is 0 Å². The van der Waals surface area contributed by atoms with Crippen LogP contribution in [0.1, 0.15) is 18.4 Å². The van der Waals surface area contributed by atoms with E-state index in [2.05, 4.69) is 0 Å². The number of nitrogens with two attached hydrogens (primary N) is 3. The van der Waals surface area contributed by atoms with Crippen LogP contribution >= 0.6 is 0 Å². The molecular weight excluding hydrogens is 360 g/mol. The van der Waals surface area contributed by atoms with Crippen LogP contribution < -0.4 is 17.2 Å². The first-order chi connectivity index (χ1) is 12.6. The van der Waals surface area contributed by atoms with Gasteiger partial charge in [0.25, 0.3) is 0 Å². The lowest BCUT2D eigenvalue weighted by Gasteiger charge is -2.27. The molecule has 1 aromatic carbocycles. The predicted octanol–water partition coefficient (Wildman–Crippen LogP) is -1.32. The van der Waals surface area contributed by atoms with Gasteiger partial charge in [0.05, 0.1) is 18.9 Å². The van der Waals surface area contributed by atoms with E-state index in [1.54, 1.807) is 30.3 Å². The van der Waals surface area contributed by atoms with E-state index in [1.807, 2.05) is 0 Å². The molecule has 0 saturated heterocycles. The Hall–Kier alpha value is -3.47. The minimum Gasteiger partial charge on any atom is -0.480 e. The summed E-state index contributed by atoms with van der Waals surface area (Å²) in [5, 5.41) is 9.30. The molecule has 0 aliphatic rings. The first kappa shape index (κ1) is 21.6. The number of imide groups is 1. The van der Waals surface area contributed by atoms with Gasteiger partial charge in [-0.05, 0) is 5.56 Å². The summed E-state index contributed by atoms with van der Waals surface area (Å²) in [4.78, 5) is 58.6. The summed E-state index contributed by atoms with van der Waals surface area (Å²) >= 11 is 0. The number of carboxylic acids is 1. The highest BCUT2D eigenvalue weighted by Gasteiger charge is 2.39. The van der Waals surface area contributed by atoms with Crippen molar-refractivity contribution < 1.29 is 33.8 Å². The van der Waals surface area contributed by atoms with Crippen molar-refractivity contribution >= 4 is 29.8 Å². The van der Waals surface area contributed by atoms with Crippen molar-refractivity contribution in [3.05, 3.63) is 35.9 Å². The molecule has 11 nitrogen and oxygen atoms in total. The van der Waals surface area contributed by atoms with Crippen molar-refractivity contribution in [3.63, 3.8) is 0 Å². The molecule has 1 rings (SSSR count). The number of carboxylic acid groups (broad SMARTS) is 1. The molecule has 0 aromatic heterocycles. The van der Waals surface area contributed by atoms with Crippen LogP contribution in [0.25, 0.3) is 0 Å². The molecule has 146 valence electrons. The normalized spacial score (nSPS) is 12.5. The lowest BCUT2D eigenvalue weighted by atomic mass is 10.1. The first-order valence-electron chi connectivity index (χ1n) is 7.72. The Balaban J connectivity index is 3.08. The molecule has 1 aromatic rings. The van der Waals surface area contributed by atoms with Crippen LogP contribution in [-0.4, -0.2) is 51.9 Å². The number of hydrogen-bond donors (Lipinski definition) is 4. The lowest BCUT2D eigenvalue weighted by Crippen LogP contribution is -2.55. The van der Waals surface area contributed by atoms with E-state index < -0.39 is 54.7 Å². The van der Waals surface area contributed by atoms with Crippen molar-refractivity contribution in [2.45, 2.75) is 31.5 Å². The highest BCUT2D eigenvalue weighted by molar-refractivity contribution is 6.01. The number of primary amides is 2. The van der Waals surface area contributed by atoms with Gasteiger partial charge in [-0.25, -0.2) is 14.5 Å². The van der Waals surface area contributed by atoms with Crippen LogP contribution in [0.15, 0.2) is 30.3 Å².